The molecule has 0 aromatic heterocycles. The molecule has 0 unspecified atom stereocenters. The smallest absolute Gasteiger partial charge is 0.376 e. The van der Waals surface area contributed by atoms with E-state index in [0.717, 1.165) is 11.5 Å². The van der Waals surface area contributed by atoms with Gasteiger partial charge in [0.2, 0.25) is 0 Å². The van der Waals surface area contributed by atoms with Crippen LogP contribution in [0.25, 0.3) is 16.8 Å². The summed E-state index contributed by atoms with van der Waals surface area (Å²) in [7, 11) is 0. The number of ketones is 1. The highest BCUT2D eigenvalue weighted by molar-refractivity contribution is 6.38. The first kappa shape index (κ1) is 13.5. The van der Waals surface area contributed by atoms with Crippen LogP contribution in [0.5, 0.6) is 0 Å². The van der Waals surface area contributed by atoms with E-state index in [9.17, 15) is 19.5 Å². The molecule has 0 fully saturated rings. The van der Waals surface area contributed by atoms with Crippen molar-refractivity contribution in [1.82, 2.24) is 0 Å². The Morgan fingerprint density at radius 3 is 2.30 bits per heavy atom. The van der Waals surface area contributed by atoms with E-state index in [2.05, 4.69) is 0 Å². The summed E-state index contributed by atoms with van der Waals surface area (Å²) in [6, 6.07) is 10.2. The second-order valence-electron chi connectivity index (χ2n) is 4.06. The maximum absolute atomic E-state index is 11.4. The monoisotopic (exact) mass is 270 g/mol. The van der Waals surface area contributed by atoms with Crippen LogP contribution in [0.15, 0.2) is 42.5 Å². The minimum Gasteiger partial charge on any atom is -0.478 e. The maximum Gasteiger partial charge on any atom is 0.376 e. The van der Waals surface area contributed by atoms with Crippen LogP contribution in [0.4, 0.5) is 0 Å². The van der Waals surface area contributed by atoms with Crippen LogP contribution in [0.3, 0.4) is 0 Å². The summed E-state index contributed by atoms with van der Waals surface area (Å²) < 4.78 is 0. The topological polar surface area (TPSA) is 91.7 Å². The normalized spacial score (nSPS) is 10.8. The van der Waals surface area contributed by atoms with Gasteiger partial charge >= 0.3 is 11.9 Å². The number of benzene rings is 2. The second-order valence-corrected chi connectivity index (χ2v) is 4.06. The largest absolute Gasteiger partial charge is 0.478 e. The number of hydrogen-bond donors (Lipinski definition) is 2. The number of carboxylic acids is 2. The molecule has 2 rings (SSSR count). The van der Waals surface area contributed by atoms with Gasteiger partial charge in [0, 0.05) is 0 Å². The van der Waals surface area contributed by atoms with E-state index in [1.807, 2.05) is 0 Å². The number of fused-ring (bicyclic) bond motifs is 1. The molecule has 2 aromatic carbocycles. The summed E-state index contributed by atoms with van der Waals surface area (Å²) in [5.74, 6) is -3.82. The molecule has 5 heteroatoms. The Morgan fingerprint density at radius 1 is 0.950 bits per heavy atom. The number of carbonyl (C=O) groups is 3. The van der Waals surface area contributed by atoms with Crippen LogP contribution in [0.2, 0.25) is 0 Å². The molecule has 0 amide bonds. The third-order valence-electron chi connectivity index (χ3n) is 2.80. The molecule has 0 heterocycles. The Kier molecular flexibility index (Phi) is 3.61. The van der Waals surface area contributed by atoms with E-state index >= 15 is 0 Å². The standard InChI is InChI=1S/C15H10O5/c16-12(14(17)18)8-7-10-6-5-9-3-1-2-4-11(9)13(10)15(19)20/h1-8H,(H,17,18)(H,19,20)/b8-7-. The van der Waals surface area contributed by atoms with Crippen molar-refractivity contribution in [2.24, 2.45) is 0 Å². The Labute approximate surface area is 113 Å². The number of hydrogen-bond acceptors (Lipinski definition) is 3. The van der Waals surface area contributed by atoms with Crippen molar-refractivity contribution < 1.29 is 24.6 Å². The van der Waals surface area contributed by atoms with Gasteiger partial charge in [0.15, 0.2) is 0 Å². The van der Waals surface area contributed by atoms with Crippen LogP contribution < -0.4 is 0 Å². The van der Waals surface area contributed by atoms with Gasteiger partial charge in [-0.05, 0) is 28.5 Å². The number of aliphatic carboxylic acids is 1. The molecule has 0 spiro atoms. The first-order valence-electron chi connectivity index (χ1n) is 5.71. The zero-order chi connectivity index (χ0) is 14.7. The maximum atomic E-state index is 11.4. The summed E-state index contributed by atoms with van der Waals surface area (Å²) in [5.41, 5.74) is 0.323. The highest BCUT2D eigenvalue weighted by Crippen LogP contribution is 2.23. The van der Waals surface area contributed by atoms with Gasteiger partial charge in [0.25, 0.3) is 5.78 Å². The Hall–Kier alpha value is -2.95. The summed E-state index contributed by atoms with van der Waals surface area (Å²) >= 11 is 0. The predicted octanol–water partition coefficient (Wildman–Crippen LogP) is 2.20. The van der Waals surface area contributed by atoms with Crippen molar-refractivity contribution in [3.63, 3.8) is 0 Å². The first-order valence-corrected chi connectivity index (χ1v) is 5.71. The minimum absolute atomic E-state index is 0.0394. The van der Waals surface area contributed by atoms with Crippen molar-refractivity contribution in [2.45, 2.75) is 0 Å². The summed E-state index contributed by atoms with van der Waals surface area (Å²) in [5, 5.41) is 19.1. The first-order chi connectivity index (χ1) is 9.50. The van der Waals surface area contributed by atoms with Gasteiger partial charge < -0.3 is 10.2 Å². The van der Waals surface area contributed by atoms with Gasteiger partial charge in [-0.3, -0.25) is 4.79 Å². The van der Waals surface area contributed by atoms with E-state index in [1.165, 1.54) is 12.1 Å². The predicted molar refractivity (Wildman–Crippen MR) is 72.6 cm³/mol. The molecule has 0 atom stereocenters. The summed E-state index contributed by atoms with van der Waals surface area (Å²) in [4.78, 5) is 32.8. The minimum atomic E-state index is -1.58. The van der Waals surface area contributed by atoms with Gasteiger partial charge in [-0.1, -0.05) is 36.4 Å². The molecule has 0 saturated carbocycles. The van der Waals surface area contributed by atoms with Crippen LogP contribution in [0.1, 0.15) is 15.9 Å². The zero-order valence-corrected chi connectivity index (χ0v) is 10.2. The molecule has 0 aliphatic rings. The summed E-state index contributed by atoms with van der Waals surface area (Å²) in [6.45, 7) is 0. The molecule has 0 bridgehead atoms. The fourth-order valence-electron chi connectivity index (χ4n) is 1.90. The summed E-state index contributed by atoms with van der Waals surface area (Å²) in [6.07, 6.45) is 2.05. The third kappa shape index (κ3) is 2.56. The number of rotatable bonds is 4. The Bertz CT molecular complexity index is 743. The van der Waals surface area contributed by atoms with Gasteiger partial charge in [-0.2, -0.15) is 0 Å². The van der Waals surface area contributed by atoms with Crippen LogP contribution >= 0.6 is 0 Å². The molecule has 2 aromatic rings. The molecule has 0 aliphatic carbocycles. The lowest BCUT2D eigenvalue weighted by Gasteiger charge is -2.06. The quantitative estimate of drug-likeness (QED) is 0.656. The molecule has 0 radical (unpaired) electrons. The molecule has 2 N–H and O–H groups in total. The Balaban J connectivity index is 2.59. The van der Waals surface area contributed by atoms with Crippen molar-refractivity contribution in [3.05, 3.63) is 53.6 Å². The highest BCUT2D eigenvalue weighted by Gasteiger charge is 2.13. The molecule has 20 heavy (non-hydrogen) atoms. The fourth-order valence-corrected chi connectivity index (χ4v) is 1.90. The van der Waals surface area contributed by atoms with Gasteiger partial charge in [0.1, 0.15) is 0 Å². The molecule has 0 saturated heterocycles. The van der Waals surface area contributed by atoms with Crippen LogP contribution in [-0.2, 0) is 9.59 Å². The van der Waals surface area contributed by atoms with Gasteiger partial charge in [-0.25, -0.2) is 9.59 Å². The van der Waals surface area contributed by atoms with Crippen molar-refractivity contribution in [3.8, 4) is 0 Å². The highest BCUT2D eigenvalue weighted by atomic mass is 16.4. The molecular formula is C15H10O5. The lowest BCUT2D eigenvalue weighted by atomic mass is 9.98. The lowest BCUT2D eigenvalue weighted by Crippen LogP contribution is -2.08. The molecule has 0 aliphatic heterocycles. The van der Waals surface area contributed by atoms with Crippen LogP contribution in [0, 0.1) is 0 Å². The van der Waals surface area contributed by atoms with E-state index in [1.54, 1.807) is 30.3 Å². The lowest BCUT2D eigenvalue weighted by molar-refractivity contribution is -0.146. The molecule has 5 nitrogen and oxygen atoms in total. The van der Waals surface area contributed by atoms with Crippen molar-refractivity contribution in [2.75, 3.05) is 0 Å². The van der Waals surface area contributed by atoms with Gasteiger partial charge in [-0.15, -0.1) is 0 Å². The molecule has 100 valence electrons. The SMILES string of the molecule is O=C(O)C(=O)/C=C\c1ccc2ccccc2c1C(=O)O. The number of carbonyl (C=O) groups excluding carboxylic acids is 1. The fraction of sp³-hybridized carbons (Fsp3) is 0. The van der Waals surface area contributed by atoms with Crippen molar-refractivity contribution >= 4 is 34.6 Å². The van der Waals surface area contributed by atoms with E-state index < -0.39 is 17.7 Å². The van der Waals surface area contributed by atoms with Gasteiger partial charge in [0.05, 0.1) is 5.56 Å². The van der Waals surface area contributed by atoms with Crippen molar-refractivity contribution in [1.29, 1.82) is 0 Å². The average molecular weight is 270 g/mol. The van der Waals surface area contributed by atoms with Crippen LogP contribution in [-0.4, -0.2) is 27.9 Å². The van der Waals surface area contributed by atoms with E-state index in [-0.39, 0.29) is 11.1 Å². The second kappa shape index (κ2) is 5.36. The average Bonchev–Trinajstić information content (AvgIpc) is 2.43. The molecular weight excluding hydrogens is 260 g/mol. The third-order valence-corrected chi connectivity index (χ3v) is 2.80. The number of carboxylic acid groups (broad SMARTS) is 2. The zero-order valence-electron chi connectivity index (χ0n) is 10.2. The number of aromatic carboxylic acids is 1. The Morgan fingerprint density at radius 2 is 1.65 bits per heavy atom. The van der Waals surface area contributed by atoms with E-state index in [4.69, 9.17) is 5.11 Å². The van der Waals surface area contributed by atoms with E-state index in [0.29, 0.717) is 5.39 Å².